The number of hydrogen-bond donors (Lipinski definition) is 1. The van der Waals surface area contributed by atoms with Crippen molar-refractivity contribution in [3.8, 4) is 5.75 Å². The van der Waals surface area contributed by atoms with Crippen molar-refractivity contribution in [3.05, 3.63) is 51.7 Å². The van der Waals surface area contributed by atoms with Gasteiger partial charge in [-0.15, -0.1) is 11.3 Å². The van der Waals surface area contributed by atoms with Gasteiger partial charge in [0.05, 0.1) is 12.6 Å². The molecule has 2 aromatic rings. The van der Waals surface area contributed by atoms with Crippen molar-refractivity contribution in [2.45, 2.75) is 39.7 Å². The maximum Gasteiger partial charge on any atom is 0.119 e. The van der Waals surface area contributed by atoms with E-state index in [1.807, 2.05) is 17.4 Å². The van der Waals surface area contributed by atoms with Gasteiger partial charge >= 0.3 is 0 Å². The summed E-state index contributed by atoms with van der Waals surface area (Å²) in [6, 6.07) is 13.2. The standard InChI is InChI=1S/C18H25NOS/c1-4-12-20-15-9-7-8-14(13-15)18(19-6-3)17-11-10-16(5-2)21-17/h7-11,13,18-19H,4-6,12H2,1-3H3. The summed E-state index contributed by atoms with van der Waals surface area (Å²) in [6.45, 7) is 8.21. The SMILES string of the molecule is CCCOc1cccc(C(NCC)c2ccc(CC)s2)c1. The zero-order chi connectivity index (χ0) is 15.1. The molecule has 0 amide bonds. The first-order valence-corrected chi connectivity index (χ1v) is 8.64. The van der Waals surface area contributed by atoms with Crippen LogP contribution in [0, 0.1) is 0 Å². The van der Waals surface area contributed by atoms with E-state index >= 15 is 0 Å². The summed E-state index contributed by atoms with van der Waals surface area (Å²) in [4.78, 5) is 2.81. The second-order valence-corrected chi connectivity index (χ2v) is 6.27. The van der Waals surface area contributed by atoms with Gasteiger partial charge in [-0.2, -0.15) is 0 Å². The van der Waals surface area contributed by atoms with Gasteiger partial charge in [-0.3, -0.25) is 0 Å². The lowest BCUT2D eigenvalue weighted by Crippen LogP contribution is -2.21. The van der Waals surface area contributed by atoms with Gasteiger partial charge in [-0.05, 0) is 49.2 Å². The van der Waals surface area contributed by atoms with Crippen molar-refractivity contribution in [2.24, 2.45) is 0 Å². The fourth-order valence-corrected chi connectivity index (χ4v) is 3.39. The van der Waals surface area contributed by atoms with Crippen LogP contribution in [0.4, 0.5) is 0 Å². The molecule has 1 aromatic carbocycles. The molecule has 0 radical (unpaired) electrons. The van der Waals surface area contributed by atoms with E-state index in [0.717, 1.165) is 31.7 Å². The van der Waals surface area contributed by atoms with E-state index in [9.17, 15) is 0 Å². The molecule has 0 aliphatic heterocycles. The molecule has 1 N–H and O–H groups in total. The van der Waals surface area contributed by atoms with Crippen molar-refractivity contribution in [3.63, 3.8) is 0 Å². The molecule has 0 aliphatic rings. The molecule has 21 heavy (non-hydrogen) atoms. The Labute approximate surface area is 132 Å². The Hall–Kier alpha value is -1.32. The van der Waals surface area contributed by atoms with E-state index in [1.165, 1.54) is 15.3 Å². The minimum absolute atomic E-state index is 0.255. The lowest BCUT2D eigenvalue weighted by molar-refractivity contribution is 0.317. The highest BCUT2D eigenvalue weighted by Crippen LogP contribution is 2.30. The predicted molar refractivity (Wildman–Crippen MR) is 91.4 cm³/mol. The Morgan fingerprint density at radius 3 is 2.67 bits per heavy atom. The number of nitrogens with one attached hydrogen (secondary N) is 1. The second kappa shape index (κ2) is 8.20. The van der Waals surface area contributed by atoms with E-state index in [1.54, 1.807) is 0 Å². The largest absolute Gasteiger partial charge is 0.494 e. The summed E-state index contributed by atoms with van der Waals surface area (Å²) in [7, 11) is 0. The normalized spacial score (nSPS) is 12.3. The molecule has 0 bridgehead atoms. The minimum atomic E-state index is 0.255. The average molecular weight is 303 g/mol. The van der Waals surface area contributed by atoms with Crippen LogP contribution in [-0.2, 0) is 6.42 Å². The summed E-state index contributed by atoms with van der Waals surface area (Å²) < 4.78 is 5.76. The Kier molecular flexibility index (Phi) is 6.27. The van der Waals surface area contributed by atoms with Crippen LogP contribution in [-0.4, -0.2) is 13.2 Å². The predicted octanol–water partition coefficient (Wildman–Crippen LogP) is 4.80. The number of ether oxygens (including phenoxy) is 1. The molecular weight excluding hydrogens is 278 g/mol. The van der Waals surface area contributed by atoms with E-state index < -0.39 is 0 Å². The summed E-state index contributed by atoms with van der Waals surface area (Å²) in [5, 5.41) is 3.59. The van der Waals surface area contributed by atoms with Crippen LogP contribution in [0.3, 0.4) is 0 Å². The second-order valence-electron chi connectivity index (χ2n) is 5.07. The van der Waals surface area contributed by atoms with E-state index in [2.05, 4.69) is 56.4 Å². The van der Waals surface area contributed by atoms with Gasteiger partial charge in [0.25, 0.3) is 0 Å². The van der Waals surface area contributed by atoms with Crippen LogP contribution in [0.25, 0.3) is 0 Å². The Morgan fingerprint density at radius 1 is 1.14 bits per heavy atom. The summed E-state index contributed by atoms with van der Waals surface area (Å²) in [5.41, 5.74) is 1.27. The van der Waals surface area contributed by atoms with Crippen LogP contribution < -0.4 is 10.1 Å². The summed E-state index contributed by atoms with van der Waals surface area (Å²) in [6.07, 6.45) is 2.13. The number of aryl methyl sites for hydroxylation is 1. The Balaban J connectivity index is 2.24. The first-order valence-electron chi connectivity index (χ1n) is 7.83. The van der Waals surface area contributed by atoms with Crippen molar-refractivity contribution in [1.29, 1.82) is 0 Å². The molecule has 1 atom stereocenters. The number of rotatable bonds is 8. The highest BCUT2D eigenvalue weighted by atomic mass is 32.1. The van der Waals surface area contributed by atoms with Crippen LogP contribution >= 0.6 is 11.3 Å². The fraction of sp³-hybridized carbons (Fsp3) is 0.444. The van der Waals surface area contributed by atoms with Gasteiger partial charge in [-0.25, -0.2) is 0 Å². The van der Waals surface area contributed by atoms with Crippen LogP contribution in [0.1, 0.15) is 48.6 Å². The summed E-state index contributed by atoms with van der Waals surface area (Å²) >= 11 is 1.90. The molecule has 0 saturated carbocycles. The lowest BCUT2D eigenvalue weighted by atomic mass is 10.0. The van der Waals surface area contributed by atoms with E-state index in [0.29, 0.717) is 0 Å². The van der Waals surface area contributed by atoms with E-state index in [4.69, 9.17) is 4.74 Å². The first kappa shape index (κ1) is 16.1. The molecule has 2 nitrogen and oxygen atoms in total. The van der Waals surface area contributed by atoms with Crippen molar-refractivity contribution >= 4 is 11.3 Å². The number of hydrogen-bond acceptors (Lipinski definition) is 3. The first-order chi connectivity index (χ1) is 10.3. The molecule has 1 heterocycles. The van der Waals surface area contributed by atoms with Gasteiger partial charge in [-0.1, -0.05) is 32.9 Å². The van der Waals surface area contributed by atoms with Gasteiger partial charge in [0, 0.05) is 9.75 Å². The van der Waals surface area contributed by atoms with Gasteiger partial charge in [0.1, 0.15) is 5.75 Å². The maximum absolute atomic E-state index is 5.76. The van der Waals surface area contributed by atoms with Crippen LogP contribution in [0.5, 0.6) is 5.75 Å². The fourth-order valence-electron chi connectivity index (χ4n) is 2.33. The quantitative estimate of drug-likeness (QED) is 0.756. The molecular formula is C18H25NOS. The molecule has 1 aromatic heterocycles. The van der Waals surface area contributed by atoms with Crippen LogP contribution in [0.15, 0.2) is 36.4 Å². The molecule has 0 aliphatic carbocycles. The maximum atomic E-state index is 5.76. The highest BCUT2D eigenvalue weighted by molar-refractivity contribution is 7.12. The third kappa shape index (κ3) is 4.32. The minimum Gasteiger partial charge on any atom is -0.494 e. The van der Waals surface area contributed by atoms with Crippen molar-refractivity contribution in [2.75, 3.05) is 13.2 Å². The smallest absolute Gasteiger partial charge is 0.119 e. The van der Waals surface area contributed by atoms with Gasteiger partial charge in [0.2, 0.25) is 0 Å². The zero-order valence-electron chi connectivity index (χ0n) is 13.2. The molecule has 0 fully saturated rings. The third-order valence-corrected chi connectivity index (χ3v) is 4.68. The van der Waals surface area contributed by atoms with Crippen LogP contribution in [0.2, 0.25) is 0 Å². The molecule has 114 valence electrons. The molecule has 3 heteroatoms. The lowest BCUT2D eigenvalue weighted by Gasteiger charge is -2.18. The average Bonchev–Trinajstić information content (AvgIpc) is 2.99. The monoisotopic (exact) mass is 303 g/mol. The number of benzene rings is 1. The van der Waals surface area contributed by atoms with E-state index in [-0.39, 0.29) is 6.04 Å². The highest BCUT2D eigenvalue weighted by Gasteiger charge is 2.15. The zero-order valence-corrected chi connectivity index (χ0v) is 14.0. The molecule has 1 unspecified atom stereocenters. The molecule has 0 saturated heterocycles. The van der Waals surface area contributed by atoms with Gasteiger partial charge < -0.3 is 10.1 Å². The molecule has 0 spiro atoms. The Morgan fingerprint density at radius 2 is 2.00 bits per heavy atom. The summed E-state index contributed by atoms with van der Waals surface area (Å²) in [5.74, 6) is 0.963. The Bertz CT molecular complexity index is 550. The number of thiophene rings is 1. The third-order valence-electron chi connectivity index (χ3n) is 3.39. The van der Waals surface area contributed by atoms with Gasteiger partial charge in [0.15, 0.2) is 0 Å². The molecule has 2 rings (SSSR count). The van der Waals surface area contributed by atoms with Crippen molar-refractivity contribution < 1.29 is 4.74 Å². The topological polar surface area (TPSA) is 21.3 Å². The van der Waals surface area contributed by atoms with Crippen molar-refractivity contribution in [1.82, 2.24) is 5.32 Å².